The number of carbonyl (C=O) groups is 2. The van der Waals surface area contributed by atoms with Gasteiger partial charge in [-0.05, 0) is 24.3 Å². The van der Waals surface area contributed by atoms with Gasteiger partial charge in [-0.2, -0.15) is 0 Å². The number of nitro groups is 1. The zero-order valence-electron chi connectivity index (χ0n) is 11.7. The Bertz CT molecular complexity index is 749. The van der Waals surface area contributed by atoms with Crippen molar-refractivity contribution in [1.82, 2.24) is 0 Å². The Morgan fingerprint density at radius 1 is 1.17 bits per heavy atom. The van der Waals surface area contributed by atoms with Gasteiger partial charge in [0.15, 0.2) is 6.61 Å². The highest BCUT2D eigenvalue weighted by molar-refractivity contribution is 6.31. The maximum atomic E-state index is 11.9. The molecule has 8 heteroatoms. The summed E-state index contributed by atoms with van der Waals surface area (Å²) in [7, 11) is 0. The van der Waals surface area contributed by atoms with Crippen molar-refractivity contribution in [3.05, 3.63) is 69.2 Å². The largest absolute Gasteiger partial charge is 0.452 e. The van der Waals surface area contributed by atoms with Crippen molar-refractivity contribution in [2.45, 2.75) is 0 Å². The Balaban J connectivity index is 2.00. The molecule has 0 aliphatic rings. The lowest BCUT2D eigenvalue weighted by Crippen LogP contribution is -2.21. The first kappa shape index (κ1) is 16.4. The number of rotatable bonds is 5. The summed E-state index contributed by atoms with van der Waals surface area (Å²) in [4.78, 5) is 33.7. The Hall–Kier alpha value is -2.93. The van der Waals surface area contributed by atoms with E-state index in [9.17, 15) is 19.7 Å². The van der Waals surface area contributed by atoms with Crippen molar-refractivity contribution in [2.75, 3.05) is 11.9 Å². The molecule has 2 aromatic rings. The van der Waals surface area contributed by atoms with Crippen molar-refractivity contribution in [3.8, 4) is 0 Å². The van der Waals surface area contributed by atoms with Gasteiger partial charge in [-0.3, -0.25) is 14.9 Å². The van der Waals surface area contributed by atoms with Crippen LogP contribution in [0.25, 0.3) is 0 Å². The van der Waals surface area contributed by atoms with Crippen LogP contribution in [0, 0.1) is 10.1 Å². The molecule has 0 fully saturated rings. The smallest absolute Gasteiger partial charge is 0.345 e. The van der Waals surface area contributed by atoms with Crippen LogP contribution >= 0.6 is 11.6 Å². The Kier molecular flexibility index (Phi) is 5.27. The van der Waals surface area contributed by atoms with Crippen LogP contribution in [-0.2, 0) is 9.53 Å². The molecule has 0 atom stereocenters. The van der Waals surface area contributed by atoms with Gasteiger partial charge in [0.05, 0.1) is 4.92 Å². The van der Waals surface area contributed by atoms with Crippen molar-refractivity contribution in [2.24, 2.45) is 0 Å². The predicted molar refractivity (Wildman–Crippen MR) is 83.5 cm³/mol. The lowest BCUT2D eigenvalue weighted by atomic mass is 10.2. The van der Waals surface area contributed by atoms with E-state index in [2.05, 4.69) is 5.32 Å². The fourth-order valence-electron chi connectivity index (χ4n) is 1.76. The highest BCUT2D eigenvalue weighted by Crippen LogP contribution is 2.23. The number of benzene rings is 2. The van der Waals surface area contributed by atoms with E-state index in [1.54, 1.807) is 30.3 Å². The van der Waals surface area contributed by atoms with Crippen molar-refractivity contribution in [1.29, 1.82) is 0 Å². The van der Waals surface area contributed by atoms with E-state index in [4.69, 9.17) is 16.3 Å². The molecule has 1 amide bonds. The normalized spacial score (nSPS) is 9.96. The summed E-state index contributed by atoms with van der Waals surface area (Å²) in [6, 6.07) is 12.1. The summed E-state index contributed by atoms with van der Waals surface area (Å²) < 4.78 is 4.79. The number of para-hydroxylation sites is 1. The molecule has 0 spiro atoms. The molecular weight excluding hydrogens is 324 g/mol. The van der Waals surface area contributed by atoms with Crippen LogP contribution in [0.1, 0.15) is 10.4 Å². The molecule has 2 aromatic carbocycles. The number of ether oxygens (including phenoxy) is 1. The minimum absolute atomic E-state index is 0.120. The van der Waals surface area contributed by atoms with Gasteiger partial charge in [0.2, 0.25) is 0 Å². The average Bonchev–Trinajstić information content (AvgIpc) is 2.53. The highest BCUT2D eigenvalue weighted by Gasteiger charge is 2.22. The summed E-state index contributed by atoms with van der Waals surface area (Å²) in [5, 5.41) is 13.6. The molecular formula is C15H11ClN2O5. The van der Waals surface area contributed by atoms with Gasteiger partial charge in [0.1, 0.15) is 5.56 Å². The zero-order valence-corrected chi connectivity index (χ0v) is 12.4. The molecule has 0 aromatic heterocycles. The van der Waals surface area contributed by atoms with E-state index in [-0.39, 0.29) is 10.6 Å². The molecule has 0 radical (unpaired) electrons. The van der Waals surface area contributed by atoms with Gasteiger partial charge in [-0.1, -0.05) is 29.8 Å². The molecule has 0 aliphatic carbocycles. The molecule has 0 heterocycles. The van der Waals surface area contributed by atoms with Crippen LogP contribution in [-0.4, -0.2) is 23.4 Å². The molecule has 118 valence electrons. The number of nitrogens with zero attached hydrogens (tertiary/aromatic N) is 1. The van der Waals surface area contributed by atoms with Crippen LogP contribution in [0.4, 0.5) is 11.4 Å². The maximum Gasteiger partial charge on any atom is 0.345 e. The van der Waals surface area contributed by atoms with Crippen LogP contribution in [0.5, 0.6) is 0 Å². The highest BCUT2D eigenvalue weighted by atomic mass is 35.5. The van der Waals surface area contributed by atoms with E-state index < -0.39 is 29.1 Å². The number of nitrogens with one attached hydrogen (secondary N) is 1. The van der Waals surface area contributed by atoms with Gasteiger partial charge >= 0.3 is 5.97 Å². The molecule has 0 saturated heterocycles. The Morgan fingerprint density at radius 2 is 1.87 bits per heavy atom. The second kappa shape index (κ2) is 7.37. The lowest BCUT2D eigenvalue weighted by Gasteiger charge is -2.07. The molecule has 2 rings (SSSR count). The topological polar surface area (TPSA) is 98.5 Å². The zero-order chi connectivity index (χ0) is 16.8. The second-order valence-electron chi connectivity index (χ2n) is 4.41. The number of anilines is 1. The Labute approximate surface area is 136 Å². The van der Waals surface area contributed by atoms with Crippen LogP contribution < -0.4 is 5.32 Å². The summed E-state index contributed by atoms with van der Waals surface area (Å²) in [6.45, 7) is -0.562. The number of halogens is 1. The van der Waals surface area contributed by atoms with E-state index in [0.29, 0.717) is 5.69 Å². The molecule has 0 unspecified atom stereocenters. The van der Waals surface area contributed by atoms with Gasteiger partial charge in [-0.25, -0.2) is 4.79 Å². The van der Waals surface area contributed by atoms with E-state index in [1.807, 2.05) is 0 Å². The first-order valence-corrected chi connectivity index (χ1v) is 6.81. The van der Waals surface area contributed by atoms with Crippen LogP contribution in [0.15, 0.2) is 48.5 Å². The summed E-state index contributed by atoms with van der Waals surface area (Å²) in [6.07, 6.45) is 0. The fourth-order valence-corrected chi connectivity index (χ4v) is 1.92. The molecule has 0 aliphatic heterocycles. The lowest BCUT2D eigenvalue weighted by molar-refractivity contribution is -0.385. The monoisotopic (exact) mass is 334 g/mol. The number of hydrogen-bond donors (Lipinski definition) is 1. The summed E-state index contributed by atoms with van der Waals surface area (Å²) >= 11 is 5.66. The average molecular weight is 335 g/mol. The first-order valence-electron chi connectivity index (χ1n) is 6.43. The molecule has 1 N–H and O–H groups in total. The first-order chi connectivity index (χ1) is 11.0. The van der Waals surface area contributed by atoms with Gasteiger partial charge in [0, 0.05) is 16.8 Å². The Morgan fingerprint density at radius 3 is 2.52 bits per heavy atom. The SMILES string of the molecule is O=C(COC(=O)c1ccc(Cl)cc1[N+](=O)[O-])Nc1ccccc1. The maximum absolute atomic E-state index is 11.9. The molecule has 0 saturated carbocycles. The number of carbonyl (C=O) groups excluding carboxylic acids is 2. The number of amides is 1. The minimum atomic E-state index is -0.975. The molecule has 0 bridgehead atoms. The predicted octanol–water partition coefficient (Wildman–Crippen LogP) is 3.04. The fraction of sp³-hybridized carbons (Fsp3) is 0.0667. The summed E-state index contributed by atoms with van der Waals surface area (Å²) in [5.41, 5.74) is -0.205. The van der Waals surface area contributed by atoms with Crippen molar-refractivity contribution < 1.29 is 19.2 Å². The summed E-state index contributed by atoms with van der Waals surface area (Å²) in [5.74, 6) is -1.53. The van der Waals surface area contributed by atoms with Gasteiger partial charge < -0.3 is 10.1 Å². The third kappa shape index (κ3) is 4.52. The van der Waals surface area contributed by atoms with Crippen LogP contribution in [0.3, 0.4) is 0 Å². The van der Waals surface area contributed by atoms with Gasteiger partial charge in [-0.15, -0.1) is 0 Å². The third-order valence-corrected chi connectivity index (χ3v) is 3.00. The van der Waals surface area contributed by atoms with E-state index in [0.717, 1.165) is 6.07 Å². The van der Waals surface area contributed by atoms with Crippen molar-refractivity contribution in [3.63, 3.8) is 0 Å². The minimum Gasteiger partial charge on any atom is -0.452 e. The van der Waals surface area contributed by atoms with E-state index >= 15 is 0 Å². The van der Waals surface area contributed by atoms with Gasteiger partial charge in [0.25, 0.3) is 11.6 Å². The molecule has 7 nitrogen and oxygen atoms in total. The standard InChI is InChI=1S/C15H11ClN2O5/c16-10-6-7-12(13(8-10)18(21)22)15(20)23-9-14(19)17-11-4-2-1-3-5-11/h1-8H,9H2,(H,17,19). The van der Waals surface area contributed by atoms with Crippen molar-refractivity contribution >= 4 is 34.9 Å². The number of nitro benzene ring substituents is 1. The van der Waals surface area contributed by atoms with Crippen LogP contribution in [0.2, 0.25) is 5.02 Å². The number of esters is 1. The van der Waals surface area contributed by atoms with E-state index in [1.165, 1.54) is 12.1 Å². The second-order valence-corrected chi connectivity index (χ2v) is 4.85. The third-order valence-electron chi connectivity index (χ3n) is 2.77. The quantitative estimate of drug-likeness (QED) is 0.514. The molecule has 23 heavy (non-hydrogen) atoms. The number of hydrogen-bond acceptors (Lipinski definition) is 5.